The van der Waals surface area contributed by atoms with Gasteiger partial charge in [0, 0.05) is 5.56 Å². The third-order valence-corrected chi connectivity index (χ3v) is 7.14. The minimum atomic E-state index is -4.13. The van der Waals surface area contributed by atoms with Gasteiger partial charge in [0.15, 0.2) is 0 Å². The summed E-state index contributed by atoms with van der Waals surface area (Å²) >= 11 is 0. The molecule has 0 aliphatic rings. The Labute approximate surface area is 233 Å². The van der Waals surface area contributed by atoms with E-state index >= 15 is 0 Å². The summed E-state index contributed by atoms with van der Waals surface area (Å²) in [4.78, 5) is 35.8. The van der Waals surface area contributed by atoms with E-state index in [9.17, 15) is 33.3 Å². The number of benzene rings is 4. The molecule has 212 valence electrons. The van der Waals surface area contributed by atoms with E-state index < -0.39 is 27.3 Å². The summed E-state index contributed by atoms with van der Waals surface area (Å²) in [5.74, 6) is -2.77. The average molecular weight is 583 g/mol. The van der Waals surface area contributed by atoms with E-state index in [2.05, 4.69) is 4.89 Å². The maximum absolute atomic E-state index is 13.4. The first kappa shape index (κ1) is 30.3. The summed E-state index contributed by atoms with van der Waals surface area (Å²) in [5.41, 5.74) is -0.513. The minimum Gasteiger partial charge on any atom is -0.508 e. The van der Waals surface area contributed by atoms with Crippen molar-refractivity contribution in [3.8, 4) is 28.7 Å². The number of phenols is 2. The van der Waals surface area contributed by atoms with Crippen molar-refractivity contribution in [1.82, 2.24) is 0 Å². The van der Waals surface area contributed by atoms with Crippen molar-refractivity contribution >= 4 is 28.6 Å². The van der Waals surface area contributed by atoms with Gasteiger partial charge in [-0.3, -0.25) is 5.26 Å². The number of carbonyl (C=O) groups is 3. The molecular formula is C28H22O12S. The van der Waals surface area contributed by atoms with Gasteiger partial charge >= 0.3 is 11.9 Å². The number of aromatic carboxylic acids is 1. The fourth-order valence-corrected chi connectivity index (χ4v) is 4.90. The monoisotopic (exact) mass is 582 g/mol. The molecule has 0 aromatic heterocycles. The Kier molecular flexibility index (Phi) is 9.76. The van der Waals surface area contributed by atoms with Crippen LogP contribution in [0.4, 0.5) is 0 Å². The van der Waals surface area contributed by atoms with Crippen LogP contribution < -0.4 is 9.47 Å². The number of hydrogen-bond acceptors (Lipinski definition) is 11. The van der Waals surface area contributed by atoms with Gasteiger partial charge in [0.1, 0.15) is 42.1 Å². The highest BCUT2D eigenvalue weighted by molar-refractivity contribution is 7.91. The molecule has 0 fully saturated rings. The molecule has 0 saturated heterocycles. The number of ether oxygens (including phenoxy) is 2. The molecule has 0 saturated carbocycles. The van der Waals surface area contributed by atoms with Gasteiger partial charge in [0.25, 0.3) is 0 Å². The second kappa shape index (κ2) is 13.2. The summed E-state index contributed by atoms with van der Waals surface area (Å²) in [7, 11) is -4.13. The topological polar surface area (TPSA) is 194 Å². The lowest BCUT2D eigenvalue weighted by Crippen LogP contribution is -2.14. The summed E-state index contributed by atoms with van der Waals surface area (Å²) < 4.78 is 37.7. The minimum absolute atomic E-state index is 0.0871. The van der Waals surface area contributed by atoms with Gasteiger partial charge in [0.05, 0.1) is 20.9 Å². The molecule has 0 aliphatic heterocycles. The van der Waals surface area contributed by atoms with Crippen LogP contribution in [0.1, 0.15) is 26.3 Å². The standard InChI is InChI=1S/C27H20O11S.CH2O/c28-17-8-10-25(16(11-17)15-36-33)37-19-3-1-5-21(13-19)39(34,35)22-6-2-4-20(14-22)38-27(32)23-9-7-18(29)12-24(23)26(30)31;1-2/h1-14,28-29,33H,15H2,(H,30,31);1H2. The van der Waals surface area contributed by atoms with Crippen molar-refractivity contribution < 1.29 is 57.7 Å². The van der Waals surface area contributed by atoms with Crippen LogP contribution in [0.3, 0.4) is 0 Å². The van der Waals surface area contributed by atoms with Crippen LogP contribution in [0.2, 0.25) is 0 Å². The molecule has 0 bridgehead atoms. The molecule has 12 nitrogen and oxygen atoms in total. The number of sulfone groups is 1. The van der Waals surface area contributed by atoms with Gasteiger partial charge in [-0.1, -0.05) is 12.1 Å². The molecule has 0 aliphatic carbocycles. The second-order valence-corrected chi connectivity index (χ2v) is 9.99. The van der Waals surface area contributed by atoms with Gasteiger partial charge in [-0.05, 0) is 72.8 Å². The Morgan fingerprint density at radius 1 is 0.756 bits per heavy atom. The Morgan fingerprint density at radius 3 is 1.98 bits per heavy atom. The highest BCUT2D eigenvalue weighted by atomic mass is 32.2. The first-order valence-electron chi connectivity index (χ1n) is 11.4. The van der Waals surface area contributed by atoms with E-state index in [-0.39, 0.29) is 50.7 Å². The number of esters is 1. The van der Waals surface area contributed by atoms with Gasteiger partial charge < -0.3 is 29.6 Å². The van der Waals surface area contributed by atoms with E-state index in [1.165, 1.54) is 60.7 Å². The predicted octanol–water partition coefficient (Wildman–Crippen LogP) is 4.45. The van der Waals surface area contributed by atoms with E-state index in [1.807, 2.05) is 6.79 Å². The van der Waals surface area contributed by atoms with Crippen LogP contribution in [0, 0.1) is 0 Å². The van der Waals surface area contributed by atoms with Crippen molar-refractivity contribution in [3.63, 3.8) is 0 Å². The Hall–Kier alpha value is -5.24. The number of carbonyl (C=O) groups excluding carboxylic acids is 2. The van der Waals surface area contributed by atoms with E-state index in [0.29, 0.717) is 5.56 Å². The van der Waals surface area contributed by atoms with Crippen LogP contribution in [-0.2, 0) is 26.1 Å². The largest absolute Gasteiger partial charge is 0.508 e. The first-order valence-corrected chi connectivity index (χ1v) is 12.9. The lowest BCUT2D eigenvalue weighted by molar-refractivity contribution is -0.253. The van der Waals surface area contributed by atoms with E-state index in [4.69, 9.17) is 19.5 Å². The third-order valence-electron chi connectivity index (χ3n) is 5.39. The van der Waals surface area contributed by atoms with Crippen molar-refractivity contribution in [3.05, 3.63) is 102 Å². The molecule has 0 unspecified atom stereocenters. The van der Waals surface area contributed by atoms with Crippen molar-refractivity contribution in [2.24, 2.45) is 0 Å². The molecular weight excluding hydrogens is 560 g/mol. The van der Waals surface area contributed by atoms with E-state index in [1.54, 1.807) is 0 Å². The number of carboxylic acids is 1. The fourth-order valence-electron chi connectivity index (χ4n) is 3.57. The Bertz CT molecular complexity index is 1680. The normalized spacial score (nSPS) is 10.7. The van der Waals surface area contributed by atoms with E-state index in [0.717, 1.165) is 24.3 Å². The van der Waals surface area contributed by atoms with Gasteiger partial charge in [-0.15, -0.1) is 0 Å². The fraction of sp³-hybridized carbons (Fsp3) is 0.0357. The number of rotatable bonds is 9. The summed E-state index contributed by atoms with van der Waals surface area (Å²) in [6.45, 7) is 1.71. The predicted molar refractivity (Wildman–Crippen MR) is 141 cm³/mol. The molecule has 0 radical (unpaired) electrons. The Morgan fingerprint density at radius 2 is 1.34 bits per heavy atom. The number of aromatic hydroxyl groups is 2. The summed E-state index contributed by atoms with van der Waals surface area (Å²) in [5, 5.41) is 37.3. The molecule has 0 atom stereocenters. The van der Waals surface area contributed by atoms with Crippen LogP contribution in [0.5, 0.6) is 28.7 Å². The zero-order valence-electron chi connectivity index (χ0n) is 21.0. The van der Waals surface area contributed by atoms with Crippen molar-refractivity contribution in [2.45, 2.75) is 16.4 Å². The van der Waals surface area contributed by atoms with Crippen molar-refractivity contribution in [2.75, 3.05) is 0 Å². The maximum Gasteiger partial charge on any atom is 0.344 e. The molecule has 0 amide bonds. The van der Waals surface area contributed by atoms with Crippen LogP contribution in [-0.4, -0.2) is 47.7 Å². The molecule has 13 heteroatoms. The highest BCUT2D eigenvalue weighted by Gasteiger charge is 2.22. The lowest BCUT2D eigenvalue weighted by Gasteiger charge is -2.12. The van der Waals surface area contributed by atoms with Gasteiger partial charge in [0.2, 0.25) is 9.84 Å². The molecule has 41 heavy (non-hydrogen) atoms. The van der Waals surface area contributed by atoms with Crippen molar-refractivity contribution in [1.29, 1.82) is 0 Å². The molecule has 0 heterocycles. The first-order chi connectivity index (χ1) is 19.6. The van der Waals surface area contributed by atoms with Crippen LogP contribution >= 0.6 is 0 Å². The zero-order valence-corrected chi connectivity index (χ0v) is 21.8. The van der Waals surface area contributed by atoms with Crippen LogP contribution in [0.25, 0.3) is 0 Å². The SMILES string of the molecule is C=O.O=C(O)c1cc(O)ccc1C(=O)Oc1cccc(S(=O)(=O)c2cccc(Oc3ccc(O)cc3COO)c2)c1. The average Bonchev–Trinajstić information content (AvgIpc) is 2.96. The number of phenolic OH excluding ortho intramolecular Hbond substituents is 2. The highest BCUT2D eigenvalue weighted by Crippen LogP contribution is 2.32. The maximum atomic E-state index is 13.4. The van der Waals surface area contributed by atoms with Gasteiger partial charge in [-0.2, -0.15) is 0 Å². The molecule has 0 spiro atoms. The molecule has 4 aromatic rings. The quantitative estimate of drug-likeness (QED) is 0.0939. The van der Waals surface area contributed by atoms with Crippen LogP contribution in [0.15, 0.2) is 94.7 Å². The number of hydrogen-bond donors (Lipinski definition) is 4. The zero-order chi connectivity index (χ0) is 30.2. The van der Waals surface area contributed by atoms with Gasteiger partial charge in [-0.25, -0.2) is 22.9 Å². The second-order valence-electron chi connectivity index (χ2n) is 8.05. The Balaban J connectivity index is 0.00000226. The number of carboxylic acid groups (broad SMARTS) is 1. The molecule has 4 aromatic carbocycles. The lowest BCUT2D eigenvalue weighted by atomic mass is 10.1. The summed E-state index contributed by atoms with van der Waals surface area (Å²) in [6, 6.07) is 17.8. The smallest absolute Gasteiger partial charge is 0.344 e. The summed E-state index contributed by atoms with van der Waals surface area (Å²) in [6.07, 6.45) is 0. The third kappa shape index (κ3) is 7.24. The molecule has 4 N–H and O–H groups in total. The molecule has 4 rings (SSSR count).